The van der Waals surface area contributed by atoms with Gasteiger partial charge < -0.3 is 0 Å². The summed E-state index contributed by atoms with van der Waals surface area (Å²) in [5.41, 5.74) is 0.762. The molecule has 5 rings (SSSR count). The predicted molar refractivity (Wildman–Crippen MR) is 117 cm³/mol. The Morgan fingerprint density at radius 1 is 0.935 bits per heavy atom. The molecule has 2 aromatic carbocycles. The van der Waals surface area contributed by atoms with Crippen molar-refractivity contribution in [1.82, 2.24) is 10.0 Å². The lowest BCUT2D eigenvalue weighted by Gasteiger charge is -2.32. The lowest BCUT2D eigenvalue weighted by molar-refractivity contribution is -0.156. The zero-order chi connectivity index (χ0) is 21.9. The number of benzene rings is 2. The smallest absolute Gasteiger partial charge is 0.272 e. The molecule has 1 heterocycles. The number of nitrogens with zero attached hydrogens (tertiary/aromatic N) is 2. The second kappa shape index (κ2) is 7.66. The van der Waals surface area contributed by atoms with E-state index in [-0.39, 0.29) is 40.8 Å². The van der Waals surface area contributed by atoms with Gasteiger partial charge in [0.25, 0.3) is 17.7 Å². The van der Waals surface area contributed by atoms with Crippen molar-refractivity contribution in [2.75, 3.05) is 0 Å². The van der Waals surface area contributed by atoms with Gasteiger partial charge in [-0.15, -0.1) is 0 Å². The van der Waals surface area contributed by atoms with Crippen LogP contribution < -0.4 is 0 Å². The average Bonchev–Trinajstić information content (AvgIpc) is 3.42. The number of hydrazine groups is 1. The molecule has 0 radical (unpaired) electrons. The van der Waals surface area contributed by atoms with E-state index in [4.69, 9.17) is 34.8 Å². The summed E-state index contributed by atoms with van der Waals surface area (Å²) in [6, 6.07) is 11.4. The summed E-state index contributed by atoms with van der Waals surface area (Å²) in [6.07, 6.45) is 4.83. The maximum absolute atomic E-state index is 13.5. The van der Waals surface area contributed by atoms with Gasteiger partial charge in [-0.25, -0.2) is 5.01 Å². The molecule has 4 atom stereocenters. The predicted octanol–water partition coefficient (Wildman–Crippen LogP) is 5.01. The summed E-state index contributed by atoms with van der Waals surface area (Å²) in [4.78, 5) is 40.3. The van der Waals surface area contributed by atoms with E-state index in [1.54, 1.807) is 42.5 Å². The first kappa shape index (κ1) is 20.6. The number of hydrogen-bond acceptors (Lipinski definition) is 3. The molecule has 1 saturated carbocycles. The van der Waals surface area contributed by atoms with Crippen LogP contribution in [0.25, 0.3) is 0 Å². The zero-order valence-corrected chi connectivity index (χ0v) is 18.4. The summed E-state index contributed by atoms with van der Waals surface area (Å²) in [6.45, 7) is -0.0697. The van der Waals surface area contributed by atoms with Crippen molar-refractivity contribution in [1.29, 1.82) is 0 Å². The van der Waals surface area contributed by atoms with Gasteiger partial charge in [0.2, 0.25) is 0 Å². The molecule has 2 aromatic rings. The van der Waals surface area contributed by atoms with Gasteiger partial charge in [0, 0.05) is 10.0 Å². The topological polar surface area (TPSA) is 57.7 Å². The van der Waals surface area contributed by atoms with E-state index >= 15 is 0 Å². The molecular weight excluding hydrogens is 459 g/mol. The minimum Gasteiger partial charge on any atom is -0.272 e. The fourth-order valence-corrected chi connectivity index (χ4v) is 5.63. The lowest BCUT2D eigenvalue weighted by Crippen LogP contribution is -2.50. The van der Waals surface area contributed by atoms with Crippen LogP contribution in [0, 0.1) is 23.7 Å². The van der Waals surface area contributed by atoms with Crippen LogP contribution in [-0.2, 0) is 16.1 Å². The van der Waals surface area contributed by atoms with Gasteiger partial charge in [0.15, 0.2) is 0 Å². The Kier molecular flexibility index (Phi) is 5.08. The first-order chi connectivity index (χ1) is 14.9. The molecule has 2 bridgehead atoms. The molecule has 31 heavy (non-hydrogen) atoms. The Hall–Kier alpha value is -2.34. The van der Waals surface area contributed by atoms with Gasteiger partial charge in [-0.05, 0) is 48.1 Å². The van der Waals surface area contributed by atoms with Crippen molar-refractivity contribution in [3.8, 4) is 0 Å². The number of carbonyl (C=O) groups excluding carboxylic acids is 3. The second-order valence-electron chi connectivity index (χ2n) is 8.07. The monoisotopic (exact) mass is 474 g/mol. The third-order valence-corrected chi connectivity index (χ3v) is 7.28. The summed E-state index contributed by atoms with van der Waals surface area (Å²) in [5, 5.41) is 3.20. The number of hydrogen-bond donors (Lipinski definition) is 0. The summed E-state index contributed by atoms with van der Waals surface area (Å²) < 4.78 is 0. The minimum absolute atomic E-state index is 0.0350. The largest absolute Gasteiger partial charge is 0.274 e. The SMILES string of the molecule is O=C(c1ccccc1Cl)N(Cc1ccc(Cl)cc1Cl)N1C(=O)[C@@H]2[C@@H](C1=O)[C@H]1C=C[C@H]2C1. The van der Waals surface area contributed by atoms with Crippen LogP contribution in [0.15, 0.2) is 54.6 Å². The van der Waals surface area contributed by atoms with E-state index in [0.717, 1.165) is 11.4 Å². The molecule has 1 aliphatic heterocycles. The van der Waals surface area contributed by atoms with Crippen molar-refractivity contribution >= 4 is 52.5 Å². The standard InChI is InChI=1S/C23H17Cl3N2O3/c24-15-8-7-14(18(26)10-15)11-27(21(29)16-3-1-2-4-17(16)25)28-22(30)19-12-5-6-13(9-12)20(19)23(28)31/h1-8,10,12-13,19-20H,9,11H2/t12-,13-,19-,20-/m0/s1. The molecule has 0 unspecified atom stereocenters. The van der Waals surface area contributed by atoms with Gasteiger partial charge in [-0.2, -0.15) is 5.01 Å². The van der Waals surface area contributed by atoms with Crippen LogP contribution in [0.1, 0.15) is 22.3 Å². The maximum atomic E-state index is 13.5. The van der Waals surface area contributed by atoms with Crippen molar-refractivity contribution in [3.63, 3.8) is 0 Å². The highest BCUT2D eigenvalue weighted by molar-refractivity contribution is 6.35. The normalized spacial score (nSPS) is 26.0. The first-order valence-corrected chi connectivity index (χ1v) is 11.1. The molecule has 0 aromatic heterocycles. The van der Waals surface area contributed by atoms with E-state index in [1.165, 1.54) is 5.01 Å². The fraction of sp³-hybridized carbons (Fsp3) is 0.261. The van der Waals surface area contributed by atoms with Crippen molar-refractivity contribution < 1.29 is 14.4 Å². The summed E-state index contributed by atoms with van der Waals surface area (Å²) >= 11 is 18.6. The number of amides is 3. The van der Waals surface area contributed by atoms with Crippen LogP contribution in [0.2, 0.25) is 15.1 Å². The molecule has 1 saturated heterocycles. The molecule has 2 aliphatic carbocycles. The molecule has 2 fully saturated rings. The molecule has 0 spiro atoms. The molecule has 3 amide bonds. The third-order valence-electron chi connectivity index (χ3n) is 6.36. The van der Waals surface area contributed by atoms with Gasteiger partial charge in [-0.3, -0.25) is 14.4 Å². The van der Waals surface area contributed by atoms with Crippen molar-refractivity contribution in [3.05, 3.63) is 80.8 Å². The van der Waals surface area contributed by atoms with Crippen LogP contribution >= 0.6 is 34.8 Å². The van der Waals surface area contributed by atoms with E-state index in [1.807, 2.05) is 12.2 Å². The van der Waals surface area contributed by atoms with Crippen LogP contribution in [0.3, 0.4) is 0 Å². The number of fused-ring (bicyclic) bond motifs is 5. The van der Waals surface area contributed by atoms with E-state index in [9.17, 15) is 14.4 Å². The van der Waals surface area contributed by atoms with E-state index < -0.39 is 17.7 Å². The molecule has 5 nitrogen and oxygen atoms in total. The Bertz CT molecular complexity index is 1120. The Morgan fingerprint density at radius 3 is 2.19 bits per heavy atom. The van der Waals surface area contributed by atoms with Gasteiger partial charge in [-0.1, -0.05) is 65.2 Å². The van der Waals surface area contributed by atoms with Crippen molar-refractivity contribution in [2.45, 2.75) is 13.0 Å². The highest BCUT2D eigenvalue weighted by atomic mass is 35.5. The quantitative estimate of drug-likeness (QED) is 0.461. The first-order valence-electron chi connectivity index (χ1n) is 9.93. The van der Waals surface area contributed by atoms with E-state index in [2.05, 4.69) is 0 Å². The Morgan fingerprint density at radius 2 is 1.58 bits per heavy atom. The summed E-state index contributed by atoms with van der Waals surface area (Å²) in [5.74, 6) is -2.02. The Labute approximate surface area is 194 Å². The number of halogens is 3. The fourth-order valence-electron chi connectivity index (χ4n) is 4.94. The van der Waals surface area contributed by atoms with Crippen molar-refractivity contribution in [2.24, 2.45) is 23.7 Å². The third kappa shape index (κ3) is 3.27. The molecular formula is C23H17Cl3N2O3. The van der Waals surface area contributed by atoms with Gasteiger partial charge >= 0.3 is 0 Å². The number of rotatable bonds is 4. The number of carbonyl (C=O) groups is 3. The maximum Gasteiger partial charge on any atom is 0.274 e. The molecule has 8 heteroatoms. The zero-order valence-electron chi connectivity index (χ0n) is 16.2. The molecule has 158 valence electrons. The van der Waals surface area contributed by atoms with Crippen LogP contribution in [0.5, 0.6) is 0 Å². The highest BCUT2D eigenvalue weighted by Gasteiger charge is 2.61. The molecule has 3 aliphatic rings. The highest BCUT2D eigenvalue weighted by Crippen LogP contribution is 2.53. The van der Waals surface area contributed by atoms with Crippen LogP contribution in [-0.4, -0.2) is 27.7 Å². The Balaban J connectivity index is 1.56. The van der Waals surface area contributed by atoms with Gasteiger partial charge in [0.1, 0.15) is 0 Å². The van der Waals surface area contributed by atoms with Crippen LogP contribution in [0.4, 0.5) is 0 Å². The summed E-state index contributed by atoms with van der Waals surface area (Å²) in [7, 11) is 0. The second-order valence-corrected chi connectivity index (χ2v) is 9.32. The van der Waals surface area contributed by atoms with E-state index in [0.29, 0.717) is 15.6 Å². The van der Waals surface area contributed by atoms with Gasteiger partial charge in [0.05, 0.1) is 29.0 Å². The average molecular weight is 476 g/mol. The minimum atomic E-state index is -0.543. The number of allylic oxidation sites excluding steroid dienone is 2. The lowest BCUT2D eigenvalue weighted by atomic mass is 9.85. The number of imide groups is 1. The molecule has 0 N–H and O–H groups in total.